The number of pyridine rings is 1. The lowest BCUT2D eigenvalue weighted by Gasteiger charge is -2.34. The molecule has 2 amide bonds. The predicted molar refractivity (Wildman–Crippen MR) is 137 cm³/mol. The summed E-state index contributed by atoms with van der Waals surface area (Å²) in [6.07, 6.45) is 4.99. The maximum absolute atomic E-state index is 13.3. The number of rotatable bonds is 4. The van der Waals surface area contributed by atoms with Crippen LogP contribution < -0.4 is 0 Å². The zero-order chi connectivity index (χ0) is 24.7. The maximum Gasteiger partial charge on any atom is 0.257 e. The first-order chi connectivity index (χ1) is 16.8. The highest BCUT2D eigenvalue weighted by Crippen LogP contribution is 2.33. The van der Waals surface area contributed by atoms with Gasteiger partial charge in [0.15, 0.2) is 0 Å². The number of hydrogen-bond donors (Lipinski definition) is 0. The number of amides is 2. The van der Waals surface area contributed by atoms with Crippen LogP contribution >= 0.6 is 11.6 Å². The Hall–Kier alpha value is -2.86. The summed E-state index contributed by atoms with van der Waals surface area (Å²) in [5, 5.41) is 1.69. The molecule has 7 heteroatoms. The summed E-state index contributed by atoms with van der Waals surface area (Å²) in [7, 11) is 0. The maximum atomic E-state index is 13.3. The van der Waals surface area contributed by atoms with Crippen molar-refractivity contribution in [3.63, 3.8) is 0 Å². The van der Waals surface area contributed by atoms with Gasteiger partial charge in [-0.2, -0.15) is 0 Å². The number of carbonyl (C=O) groups is 2. The van der Waals surface area contributed by atoms with Crippen LogP contribution in [0.2, 0.25) is 5.02 Å². The molecule has 184 valence electrons. The molecule has 3 aromatic rings. The van der Waals surface area contributed by atoms with Crippen molar-refractivity contribution < 1.29 is 14.0 Å². The molecular weight excluding hydrogens is 462 g/mol. The topological polar surface area (TPSA) is 66.7 Å². The Balaban J connectivity index is 1.28. The Morgan fingerprint density at radius 1 is 1.03 bits per heavy atom. The van der Waals surface area contributed by atoms with Gasteiger partial charge in [-0.3, -0.25) is 14.6 Å². The molecule has 2 aromatic heterocycles. The Morgan fingerprint density at radius 3 is 2.43 bits per heavy atom. The molecule has 1 aliphatic heterocycles. The molecule has 2 aliphatic rings. The summed E-state index contributed by atoms with van der Waals surface area (Å²) in [5.41, 5.74) is 4.25. The molecule has 0 atom stereocenters. The molecule has 1 aromatic carbocycles. The first kappa shape index (κ1) is 23.9. The van der Waals surface area contributed by atoms with Crippen molar-refractivity contribution in [1.29, 1.82) is 0 Å². The molecule has 1 aliphatic carbocycles. The fourth-order valence-corrected chi connectivity index (χ4v) is 5.59. The number of nitrogens with zero attached hydrogens (tertiary/aromatic N) is 3. The third kappa shape index (κ3) is 4.68. The van der Waals surface area contributed by atoms with E-state index in [2.05, 4.69) is 13.8 Å². The van der Waals surface area contributed by atoms with Crippen LogP contribution in [-0.4, -0.2) is 52.8 Å². The van der Waals surface area contributed by atoms with Gasteiger partial charge in [-0.25, -0.2) is 0 Å². The average molecular weight is 494 g/mol. The standard InChI is InChI=1S/C28H32ClN3O3/c1-17(2)14-20-16-23(18(3)35-20)28(34)32-12-10-31(11-13-32)27(33)19-8-9-22-25(15-19)30-24-7-5-4-6-21(24)26(22)29/h8-9,15-17H,4-7,10-14H2,1-3H3. The van der Waals surface area contributed by atoms with Crippen molar-refractivity contribution in [2.24, 2.45) is 5.92 Å². The van der Waals surface area contributed by atoms with Gasteiger partial charge in [0.25, 0.3) is 11.8 Å². The van der Waals surface area contributed by atoms with Crippen LogP contribution in [0.4, 0.5) is 0 Å². The molecule has 0 bridgehead atoms. The van der Waals surface area contributed by atoms with Crippen molar-refractivity contribution >= 4 is 34.3 Å². The van der Waals surface area contributed by atoms with Gasteiger partial charge in [-0.1, -0.05) is 31.5 Å². The Bertz CT molecular complexity index is 1290. The van der Waals surface area contributed by atoms with E-state index in [-0.39, 0.29) is 11.8 Å². The number of aryl methyl sites for hydroxylation is 2. The molecular formula is C28H32ClN3O3. The molecule has 1 fully saturated rings. The summed E-state index contributed by atoms with van der Waals surface area (Å²) < 4.78 is 5.81. The second kappa shape index (κ2) is 9.65. The lowest BCUT2D eigenvalue weighted by Crippen LogP contribution is -2.50. The van der Waals surface area contributed by atoms with E-state index in [1.54, 1.807) is 0 Å². The Kier molecular flexibility index (Phi) is 6.58. The van der Waals surface area contributed by atoms with Crippen molar-refractivity contribution in [3.8, 4) is 0 Å². The molecule has 35 heavy (non-hydrogen) atoms. The van der Waals surface area contributed by atoms with E-state index < -0.39 is 0 Å². The minimum atomic E-state index is -0.0339. The first-order valence-electron chi connectivity index (χ1n) is 12.6. The molecule has 0 radical (unpaired) electrons. The molecule has 0 saturated carbocycles. The zero-order valence-corrected chi connectivity index (χ0v) is 21.5. The normalized spacial score (nSPS) is 16.1. The largest absolute Gasteiger partial charge is 0.466 e. The molecule has 0 spiro atoms. The number of aromatic nitrogens is 1. The second-order valence-corrected chi connectivity index (χ2v) is 10.5. The number of hydrogen-bond acceptors (Lipinski definition) is 4. The van der Waals surface area contributed by atoms with Gasteiger partial charge in [0, 0.05) is 49.2 Å². The minimum Gasteiger partial charge on any atom is -0.466 e. The number of carbonyl (C=O) groups excluding carboxylic acids is 2. The number of piperazine rings is 1. The van der Waals surface area contributed by atoms with Crippen LogP contribution in [0.25, 0.3) is 10.9 Å². The van der Waals surface area contributed by atoms with Crippen LogP contribution in [0, 0.1) is 12.8 Å². The van der Waals surface area contributed by atoms with Crippen molar-refractivity contribution in [2.45, 2.75) is 52.9 Å². The number of furan rings is 1. The van der Waals surface area contributed by atoms with E-state index in [4.69, 9.17) is 21.0 Å². The quantitative estimate of drug-likeness (QED) is 0.483. The molecule has 1 saturated heterocycles. The minimum absolute atomic E-state index is 0.0253. The summed E-state index contributed by atoms with van der Waals surface area (Å²) in [6.45, 7) is 8.09. The molecule has 5 rings (SSSR count). The fraction of sp³-hybridized carbons (Fsp3) is 0.464. The first-order valence-corrected chi connectivity index (χ1v) is 13.0. The van der Waals surface area contributed by atoms with E-state index in [0.717, 1.165) is 65.0 Å². The van der Waals surface area contributed by atoms with Gasteiger partial charge in [0.2, 0.25) is 0 Å². The lowest BCUT2D eigenvalue weighted by molar-refractivity contribution is 0.0534. The van der Waals surface area contributed by atoms with E-state index in [0.29, 0.717) is 49.0 Å². The lowest BCUT2D eigenvalue weighted by atomic mass is 9.94. The van der Waals surface area contributed by atoms with Gasteiger partial charge in [-0.15, -0.1) is 0 Å². The Labute approximate surface area is 211 Å². The van der Waals surface area contributed by atoms with Crippen LogP contribution in [0.5, 0.6) is 0 Å². The fourth-order valence-electron chi connectivity index (χ4n) is 5.22. The van der Waals surface area contributed by atoms with Gasteiger partial charge >= 0.3 is 0 Å². The highest BCUT2D eigenvalue weighted by atomic mass is 35.5. The van der Waals surface area contributed by atoms with Crippen molar-refractivity contribution in [3.05, 3.63) is 63.2 Å². The van der Waals surface area contributed by atoms with Crippen molar-refractivity contribution in [2.75, 3.05) is 26.2 Å². The highest BCUT2D eigenvalue weighted by molar-refractivity contribution is 6.36. The number of halogens is 1. The third-order valence-electron chi connectivity index (χ3n) is 7.10. The van der Waals surface area contributed by atoms with Gasteiger partial charge in [-0.05, 0) is 62.3 Å². The predicted octanol–water partition coefficient (Wildman–Crippen LogP) is 5.47. The van der Waals surface area contributed by atoms with Crippen LogP contribution in [0.1, 0.15) is 70.2 Å². The average Bonchev–Trinajstić information content (AvgIpc) is 3.22. The highest BCUT2D eigenvalue weighted by Gasteiger charge is 2.28. The van der Waals surface area contributed by atoms with E-state index in [9.17, 15) is 9.59 Å². The zero-order valence-electron chi connectivity index (χ0n) is 20.7. The number of benzene rings is 1. The summed E-state index contributed by atoms with van der Waals surface area (Å²) >= 11 is 6.69. The summed E-state index contributed by atoms with van der Waals surface area (Å²) in [6, 6.07) is 7.50. The number of fused-ring (bicyclic) bond motifs is 2. The Morgan fingerprint density at radius 2 is 1.71 bits per heavy atom. The summed E-state index contributed by atoms with van der Waals surface area (Å²) in [4.78, 5) is 34.8. The van der Waals surface area contributed by atoms with E-state index in [1.165, 1.54) is 0 Å². The van der Waals surface area contributed by atoms with Crippen LogP contribution in [-0.2, 0) is 19.3 Å². The molecule has 3 heterocycles. The van der Waals surface area contributed by atoms with E-state index >= 15 is 0 Å². The van der Waals surface area contributed by atoms with Gasteiger partial charge in [0.1, 0.15) is 11.5 Å². The van der Waals surface area contributed by atoms with Crippen LogP contribution in [0.3, 0.4) is 0 Å². The van der Waals surface area contributed by atoms with Crippen LogP contribution in [0.15, 0.2) is 28.7 Å². The summed E-state index contributed by atoms with van der Waals surface area (Å²) in [5.74, 6) is 1.91. The molecule has 6 nitrogen and oxygen atoms in total. The monoisotopic (exact) mass is 493 g/mol. The van der Waals surface area contributed by atoms with Crippen molar-refractivity contribution in [1.82, 2.24) is 14.8 Å². The second-order valence-electron chi connectivity index (χ2n) is 10.2. The van der Waals surface area contributed by atoms with Gasteiger partial charge < -0.3 is 14.2 Å². The molecule has 0 N–H and O–H groups in total. The SMILES string of the molecule is Cc1oc(CC(C)C)cc1C(=O)N1CCN(C(=O)c2ccc3c(Cl)c4c(nc3c2)CCCC4)CC1. The molecule has 0 unspecified atom stereocenters. The smallest absolute Gasteiger partial charge is 0.257 e. The van der Waals surface area contributed by atoms with Gasteiger partial charge in [0.05, 0.1) is 16.1 Å². The third-order valence-corrected chi connectivity index (χ3v) is 7.53. The van der Waals surface area contributed by atoms with E-state index in [1.807, 2.05) is 41.0 Å².